The van der Waals surface area contributed by atoms with Crippen molar-refractivity contribution in [1.82, 2.24) is 0 Å². The largest absolute Gasteiger partial charge is 0.472 e. The molecule has 79 heavy (non-hydrogen) atoms. The van der Waals surface area contributed by atoms with E-state index in [9.17, 15) is 19.0 Å². The third-order valence-electron chi connectivity index (χ3n) is 13.8. The number of quaternary nitrogens is 1. The number of nitrogens with zero attached hydrogens (tertiary/aromatic N) is 1. The van der Waals surface area contributed by atoms with Crippen molar-refractivity contribution in [1.29, 1.82) is 0 Å². The first kappa shape index (κ1) is 75.9. The molecule has 0 aliphatic heterocycles. The molecular formula is C69H123NO8P+. The van der Waals surface area contributed by atoms with E-state index in [0.717, 1.165) is 103 Å². The Morgan fingerprint density at radius 3 is 1.08 bits per heavy atom. The Kier molecular flexibility index (Phi) is 57.2. The van der Waals surface area contributed by atoms with Gasteiger partial charge in [-0.25, -0.2) is 4.57 Å². The van der Waals surface area contributed by atoms with Crippen molar-refractivity contribution in [2.75, 3.05) is 47.5 Å². The lowest BCUT2D eigenvalue weighted by Gasteiger charge is -2.24. The number of hydrogen-bond acceptors (Lipinski definition) is 7. The maximum absolute atomic E-state index is 12.8. The molecule has 0 fully saturated rings. The molecule has 0 aromatic heterocycles. The Bertz CT molecular complexity index is 1650. The highest BCUT2D eigenvalue weighted by Gasteiger charge is 2.27. The summed E-state index contributed by atoms with van der Waals surface area (Å²) in [5.41, 5.74) is 0. The van der Waals surface area contributed by atoms with Gasteiger partial charge in [-0.2, -0.15) is 0 Å². The molecule has 0 aromatic carbocycles. The fourth-order valence-corrected chi connectivity index (χ4v) is 9.60. The fraction of sp³-hybridized carbons (Fsp3) is 0.739. The van der Waals surface area contributed by atoms with Gasteiger partial charge in [-0.3, -0.25) is 18.6 Å². The Morgan fingerprint density at radius 1 is 0.405 bits per heavy atom. The summed E-state index contributed by atoms with van der Waals surface area (Å²) in [6, 6.07) is 0. The molecule has 10 heteroatoms. The van der Waals surface area contributed by atoms with E-state index >= 15 is 0 Å². The zero-order valence-electron chi connectivity index (χ0n) is 51.8. The molecular weight excluding hydrogens is 1000 g/mol. The Hall–Kier alpha value is -3.07. The zero-order chi connectivity index (χ0) is 57.7. The average Bonchev–Trinajstić information content (AvgIpc) is 3.41. The number of carbonyl (C=O) groups excluding carboxylic acids is 2. The lowest BCUT2D eigenvalue weighted by molar-refractivity contribution is -0.870. The van der Waals surface area contributed by atoms with Crippen LogP contribution in [0.15, 0.2) is 97.2 Å². The Labute approximate surface area is 487 Å². The van der Waals surface area contributed by atoms with Crippen molar-refractivity contribution in [3.8, 4) is 0 Å². The van der Waals surface area contributed by atoms with Crippen LogP contribution in [-0.4, -0.2) is 74.9 Å². The third-order valence-corrected chi connectivity index (χ3v) is 14.8. The molecule has 2 atom stereocenters. The fourth-order valence-electron chi connectivity index (χ4n) is 8.86. The molecule has 0 saturated carbocycles. The third kappa shape index (κ3) is 64.0. The first-order valence-corrected chi connectivity index (χ1v) is 34.0. The molecule has 0 aliphatic rings. The van der Waals surface area contributed by atoms with Crippen molar-refractivity contribution in [2.24, 2.45) is 0 Å². The summed E-state index contributed by atoms with van der Waals surface area (Å²) < 4.78 is 34.6. The maximum atomic E-state index is 12.8. The number of phosphoric ester groups is 1. The van der Waals surface area contributed by atoms with Gasteiger partial charge in [-0.05, 0) is 89.9 Å². The van der Waals surface area contributed by atoms with Crippen LogP contribution in [0.1, 0.15) is 277 Å². The van der Waals surface area contributed by atoms with Gasteiger partial charge in [0.15, 0.2) is 6.10 Å². The zero-order valence-corrected chi connectivity index (χ0v) is 52.7. The predicted octanol–water partition coefficient (Wildman–Crippen LogP) is 20.8. The van der Waals surface area contributed by atoms with Crippen LogP contribution >= 0.6 is 7.82 Å². The van der Waals surface area contributed by atoms with Crippen LogP contribution in [0.3, 0.4) is 0 Å². The van der Waals surface area contributed by atoms with E-state index in [0.29, 0.717) is 17.4 Å². The van der Waals surface area contributed by atoms with Gasteiger partial charge in [0, 0.05) is 12.8 Å². The molecule has 9 nitrogen and oxygen atoms in total. The van der Waals surface area contributed by atoms with Crippen LogP contribution in [0.4, 0.5) is 0 Å². The summed E-state index contributed by atoms with van der Waals surface area (Å²) in [7, 11) is 1.47. The molecule has 0 amide bonds. The average molecular weight is 1130 g/mol. The van der Waals surface area contributed by atoms with E-state index in [1.807, 2.05) is 21.1 Å². The maximum Gasteiger partial charge on any atom is 0.472 e. The molecule has 0 spiro atoms. The molecule has 456 valence electrons. The summed E-state index contributed by atoms with van der Waals surface area (Å²) in [6.45, 7) is 4.27. The van der Waals surface area contributed by atoms with Gasteiger partial charge in [-0.15, -0.1) is 0 Å². The molecule has 0 heterocycles. The summed E-state index contributed by atoms with van der Waals surface area (Å²) in [6.07, 6.45) is 82.3. The van der Waals surface area contributed by atoms with Gasteiger partial charge in [-0.1, -0.05) is 272 Å². The summed E-state index contributed by atoms with van der Waals surface area (Å²) in [5.74, 6) is -0.808. The number of allylic oxidation sites excluding steroid dienone is 16. The van der Waals surface area contributed by atoms with Crippen molar-refractivity contribution >= 4 is 19.8 Å². The summed E-state index contributed by atoms with van der Waals surface area (Å²) >= 11 is 0. The second kappa shape index (κ2) is 59.5. The number of esters is 2. The van der Waals surface area contributed by atoms with Crippen LogP contribution in [0.25, 0.3) is 0 Å². The number of phosphoric acid groups is 1. The van der Waals surface area contributed by atoms with Gasteiger partial charge in [0.05, 0.1) is 27.7 Å². The van der Waals surface area contributed by atoms with Gasteiger partial charge in [0.1, 0.15) is 19.8 Å². The number of likely N-dealkylation sites (N-methyl/N-ethyl adjacent to an activating group) is 1. The molecule has 0 aliphatic carbocycles. The van der Waals surface area contributed by atoms with Crippen molar-refractivity contribution < 1.29 is 42.1 Å². The number of ether oxygens (including phenoxy) is 2. The van der Waals surface area contributed by atoms with Crippen LogP contribution in [0, 0.1) is 0 Å². The van der Waals surface area contributed by atoms with Gasteiger partial charge in [0.2, 0.25) is 0 Å². The van der Waals surface area contributed by atoms with Crippen molar-refractivity contribution in [2.45, 2.75) is 283 Å². The molecule has 0 aromatic rings. The highest BCUT2D eigenvalue weighted by atomic mass is 31.2. The molecule has 0 rings (SSSR count). The van der Waals surface area contributed by atoms with Crippen LogP contribution in [0.5, 0.6) is 0 Å². The van der Waals surface area contributed by atoms with E-state index in [-0.39, 0.29) is 32.0 Å². The van der Waals surface area contributed by atoms with E-state index in [1.165, 1.54) is 141 Å². The molecule has 0 radical (unpaired) electrons. The minimum Gasteiger partial charge on any atom is -0.462 e. The van der Waals surface area contributed by atoms with Gasteiger partial charge < -0.3 is 18.9 Å². The van der Waals surface area contributed by atoms with Crippen molar-refractivity contribution in [3.63, 3.8) is 0 Å². The van der Waals surface area contributed by atoms with E-state index in [1.54, 1.807) is 0 Å². The minimum absolute atomic E-state index is 0.0280. The molecule has 2 unspecified atom stereocenters. The Morgan fingerprint density at radius 2 is 0.722 bits per heavy atom. The monoisotopic (exact) mass is 1120 g/mol. The van der Waals surface area contributed by atoms with Crippen LogP contribution in [-0.2, 0) is 32.7 Å². The van der Waals surface area contributed by atoms with Crippen LogP contribution in [0.2, 0.25) is 0 Å². The normalized spacial score (nSPS) is 13.8. The SMILES string of the molecule is CC/C=C\C/C=C\C/C=C\C/C=C\C/C=C\C/C=C\CCCCCCCCCCCCCCCCCCCCCCCCC(=O)OC(COC(=O)CCCCCCC/C=C\C/C=C\CCCC)COP(=O)(O)OCC[N+](C)(C)C. The smallest absolute Gasteiger partial charge is 0.462 e. The van der Waals surface area contributed by atoms with E-state index in [4.69, 9.17) is 18.5 Å². The molecule has 1 N–H and O–H groups in total. The number of rotatable bonds is 59. The first-order chi connectivity index (χ1) is 38.5. The highest BCUT2D eigenvalue weighted by Crippen LogP contribution is 2.43. The predicted molar refractivity (Wildman–Crippen MR) is 339 cm³/mol. The summed E-state index contributed by atoms with van der Waals surface area (Å²) in [4.78, 5) is 35.7. The first-order valence-electron chi connectivity index (χ1n) is 32.5. The molecule has 0 saturated heterocycles. The van der Waals surface area contributed by atoms with Gasteiger partial charge in [0.25, 0.3) is 0 Å². The van der Waals surface area contributed by atoms with Crippen LogP contribution < -0.4 is 0 Å². The lowest BCUT2D eigenvalue weighted by Crippen LogP contribution is -2.37. The lowest BCUT2D eigenvalue weighted by atomic mass is 10.0. The Balaban J connectivity index is 3.91. The second-order valence-corrected chi connectivity index (χ2v) is 24.2. The number of hydrogen-bond donors (Lipinski definition) is 1. The van der Waals surface area contributed by atoms with Crippen molar-refractivity contribution in [3.05, 3.63) is 97.2 Å². The van der Waals surface area contributed by atoms with E-state index in [2.05, 4.69) is 111 Å². The second-order valence-electron chi connectivity index (χ2n) is 22.8. The highest BCUT2D eigenvalue weighted by molar-refractivity contribution is 7.47. The standard InChI is InChI=1S/C69H122NO8P/c1-6-8-10-12-14-16-18-20-22-23-24-25-26-27-28-29-30-31-32-33-34-35-36-37-38-39-40-41-42-43-44-45-46-47-48-50-52-54-56-58-60-62-69(72)78-67(66-77-79(73,74)76-64-63-70(3,4)5)65-75-68(71)61-59-57-55-53-51-49-21-19-17-15-13-11-9-7-2/h8,10,13-16,19-22,24-25,27-28,30-31,67H,6-7,9,11-12,17-18,23,26,29,32-66H2,1-5H3/p+1/b10-8-,15-13-,16-14-,21-19-,22-20-,25-24-,28-27-,31-30-. The number of unbranched alkanes of at least 4 members (excludes halogenated alkanes) is 29. The molecule has 0 bridgehead atoms. The minimum atomic E-state index is -4.39. The number of carbonyl (C=O) groups is 2. The summed E-state index contributed by atoms with van der Waals surface area (Å²) in [5, 5.41) is 0. The quantitative estimate of drug-likeness (QED) is 0.0211. The van der Waals surface area contributed by atoms with E-state index < -0.39 is 26.5 Å². The van der Waals surface area contributed by atoms with Gasteiger partial charge >= 0.3 is 19.8 Å². The topological polar surface area (TPSA) is 108 Å².